The van der Waals surface area contributed by atoms with E-state index in [4.69, 9.17) is 5.11 Å². The molecule has 0 unspecified atom stereocenters. The molecule has 2 amide bonds. The third-order valence-electron chi connectivity index (χ3n) is 2.67. The predicted molar refractivity (Wildman–Crippen MR) is 65.1 cm³/mol. The van der Waals surface area contributed by atoms with Gasteiger partial charge in [0.15, 0.2) is 0 Å². The molecule has 0 saturated carbocycles. The van der Waals surface area contributed by atoms with Crippen LogP contribution in [0.25, 0.3) is 0 Å². The molecule has 0 aliphatic rings. The Kier molecular flexibility index (Phi) is 4.09. The van der Waals surface area contributed by atoms with Crippen molar-refractivity contribution in [1.29, 1.82) is 0 Å². The standard InChI is InChI=1S/C12H16N2O3/c1-9(11(15)16)13(2)12(17)14(3)10-7-5-4-6-8-10/h4-9H,1-3H3,(H,15,16)/t9-/m0/s1. The number of benzene rings is 1. The van der Waals surface area contributed by atoms with Crippen LogP contribution in [-0.2, 0) is 4.79 Å². The molecule has 0 radical (unpaired) electrons. The molecule has 5 heteroatoms. The molecule has 1 rings (SSSR count). The summed E-state index contributed by atoms with van der Waals surface area (Å²) < 4.78 is 0. The van der Waals surface area contributed by atoms with Gasteiger partial charge in [0, 0.05) is 19.8 Å². The number of carboxylic acids is 1. The lowest BCUT2D eigenvalue weighted by Gasteiger charge is -2.27. The van der Waals surface area contributed by atoms with Crippen molar-refractivity contribution in [2.75, 3.05) is 19.0 Å². The van der Waals surface area contributed by atoms with Gasteiger partial charge < -0.3 is 10.0 Å². The molecule has 0 bridgehead atoms. The van der Waals surface area contributed by atoms with E-state index in [0.717, 1.165) is 5.69 Å². The van der Waals surface area contributed by atoms with Crippen LogP contribution in [0.2, 0.25) is 0 Å². The largest absolute Gasteiger partial charge is 0.480 e. The molecule has 17 heavy (non-hydrogen) atoms. The second kappa shape index (κ2) is 5.34. The Labute approximate surface area is 100 Å². The lowest BCUT2D eigenvalue weighted by Crippen LogP contribution is -2.46. The van der Waals surface area contributed by atoms with Gasteiger partial charge in [0.1, 0.15) is 6.04 Å². The lowest BCUT2D eigenvalue weighted by molar-refractivity contribution is -0.141. The van der Waals surface area contributed by atoms with Gasteiger partial charge in [-0.15, -0.1) is 0 Å². The molecule has 1 aromatic carbocycles. The second-order valence-corrected chi connectivity index (χ2v) is 3.80. The molecule has 0 spiro atoms. The van der Waals surface area contributed by atoms with Gasteiger partial charge in [-0.1, -0.05) is 18.2 Å². The third-order valence-corrected chi connectivity index (χ3v) is 2.67. The van der Waals surface area contributed by atoms with Crippen molar-refractivity contribution < 1.29 is 14.7 Å². The van der Waals surface area contributed by atoms with Crippen LogP contribution in [0.3, 0.4) is 0 Å². The molecule has 1 aromatic rings. The number of para-hydroxylation sites is 1. The molecule has 0 heterocycles. The quantitative estimate of drug-likeness (QED) is 0.868. The number of aliphatic carboxylic acids is 1. The smallest absolute Gasteiger partial charge is 0.326 e. The topological polar surface area (TPSA) is 60.9 Å². The van der Waals surface area contributed by atoms with E-state index in [0.29, 0.717) is 0 Å². The fourth-order valence-corrected chi connectivity index (χ4v) is 1.33. The van der Waals surface area contributed by atoms with Crippen molar-refractivity contribution in [3.8, 4) is 0 Å². The first-order valence-corrected chi connectivity index (χ1v) is 5.23. The zero-order valence-corrected chi connectivity index (χ0v) is 10.1. The summed E-state index contributed by atoms with van der Waals surface area (Å²) in [6.45, 7) is 1.47. The summed E-state index contributed by atoms with van der Waals surface area (Å²) in [5.74, 6) is -1.03. The van der Waals surface area contributed by atoms with Gasteiger partial charge in [0.05, 0.1) is 0 Å². The molecule has 0 fully saturated rings. The highest BCUT2D eigenvalue weighted by Crippen LogP contribution is 2.13. The van der Waals surface area contributed by atoms with Gasteiger partial charge in [-0.2, -0.15) is 0 Å². The van der Waals surface area contributed by atoms with E-state index >= 15 is 0 Å². The number of carbonyl (C=O) groups excluding carboxylic acids is 1. The summed E-state index contributed by atoms with van der Waals surface area (Å²) >= 11 is 0. The number of rotatable bonds is 3. The maximum absolute atomic E-state index is 12.0. The van der Waals surface area contributed by atoms with Crippen molar-refractivity contribution in [3.63, 3.8) is 0 Å². The Morgan fingerprint density at radius 3 is 2.18 bits per heavy atom. The van der Waals surface area contributed by atoms with E-state index in [1.54, 1.807) is 19.2 Å². The van der Waals surface area contributed by atoms with Crippen molar-refractivity contribution in [2.24, 2.45) is 0 Å². The number of amides is 2. The first kappa shape index (κ1) is 13.0. The van der Waals surface area contributed by atoms with Gasteiger partial charge in [0.2, 0.25) is 0 Å². The number of likely N-dealkylation sites (N-methyl/N-ethyl adjacent to an activating group) is 1. The number of hydrogen-bond donors (Lipinski definition) is 1. The summed E-state index contributed by atoms with van der Waals surface area (Å²) in [6.07, 6.45) is 0. The maximum Gasteiger partial charge on any atom is 0.326 e. The van der Waals surface area contributed by atoms with E-state index < -0.39 is 12.0 Å². The van der Waals surface area contributed by atoms with Crippen LogP contribution in [0.15, 0.2) is 30.3 Å². The first-order chi connectivity index (χ1) is 7.95. The summed E-state index contributed by atoms with van der Waals surface area (Å²) in [4.78, 5) is 25.4. The molecule has 1 atom stereocenters. The highest BCUT2D eigenvalue weighted by molar-refractivity contribution is 5.93. The molecule has 0 aromatic heterocycles. The average molecular weight is 236 g/mol. The lowest BCUT2D eigenvalue weighted by atomic mass is 10.3. The highest BCUT2D eigenvalue weighted by atomic mass is 16.4. The number of hydrogen-bond acceptors (Lipinski definition) is 2. The highest BCUT2D eigenvalue weighted by Gasteiger charge is 2.24. The molecular formula is C12H16N2O3. The zero-order valence-electron chi connectivity index (χ0n) is 10.1. The first-order valence-electron chi connectivity index (χ1n) is 5.23. The van der Waals surface area contributed by atoms with E-state index in [9.17, 15) is 9.59 Å². The molecular weight excluding hydrogens is 220 g/mol. The number of anilines is 1. The van der Waals surface area contributed by atoms with Gasteiger partial charge in [0.25, 0.3) is 0 Å². The SMILES string of the molecule is C[C@@H](C(=O)O)N(C)C(=O)N(C)c1ccccc1. The molecule has 0 aliphatic heterocycles. The molecule has 5 nitrogen and oxygen atoms in total. The van der Waals surface area contributed by atoms with Gasteiger partial charge >= 0.3 is 12.0 Å². The van der Waals surface area contributed by atoms with Gasteiger partial charge in [-0.05, 0) is 19.1 Å². The van der Waals surface area contributed by atoms with Crippen LogP contribution in [0.5, 0.6) is 0 Å². The molecule has 0 saturated heterocycles. The van der Waals surface area contributed by atoms with E-state index in [2.05, 4.69) is 0 Å². The van der Waals surface area contributed by atoms with Crippen LogP contribution in [0.1, 0.15) is 6.92 Å². The van der Waals surface area contributed by atoms with Crippen LogP contribution < -0.4 is 4.90 Å². The fraction of sp³-hybridized carbons (Fsp3) is 0.333. The average Bonchev–Trinajstić information content (AvgIpc) is 2.36. The Bertz CT molecular complexity index is 405. The van der Waals surface area contributed by atoms with Crippen molar-refractivity contribution in [2.45, 2.75) is 13.0 Å². The normalized spacial score (nSPS) is 11.7. The van der Waals surface area contributed by atoms with E-state index in [1.165, 1.54) is 23.8 Å². The number of carbonyl (C=O) groups is 2. The monoisotopic (exact) mass is 236 g/mol. The van der Waals surface area contributed by atoms with Crippen LogP contribution in [-0.4, -0.2) is 42.1 Å². The maximum atomic E-state index is 12.0. The van der Waals surface area contributed by atoms with Crippen LogP contribution in [0.4, 0.5) is 10.5 Å². The Hall–Kier alpha value is -2.04. The summed E-state index contributed by atoms with van der Waals surface area (Å²) in [5, 5.41) is 8.84. The number of carboxylic acid groups (broad SMARTS) is 1. The summed E-state index contributed by atoms with van der Waals surface area (Å²) in [5.41, 5.74) is 0.724. The predicted octanol–water partition coefficient (Wildman–Crippen LogP) is 1.65. The Morgan fingerprint density at radius 1 is 1.18 bits per heavy atom. The minimum absolute atomic E-state index is 0.355. The second-order valence-electron chi connectivity index (χ2n) is 3.80. The number of nitrogens with zero attached hydrogens (tertiary/aromatic N) is 2. The van der Waals surface area contributed by atoms with Crippen molar-refractivity contribution in [3.05, 3.63) is 30.3 Å². The Balaban J connectivity index is 2.80. The third kappa shape index (κ3) is 2.96. The van der Waals surface area contributed by atoms with E-state index in [1.807, 2.05) is 18.2 Å². The van der Waals surface area contributed by atoms with E-state index in [-0.39, 0.29) is 6.03 Å². The molecule has 1 N–H and O–H groups in total. The van der Waals surface area contributed by atoms with Crippen LogP contribution in [0, 0.1) is 0 Å². The van der Waals surface area contributed by atoms with Gasteiger partial charge in [-0.3, -0.25) is 4.90 Å². The van der Waals surface area contributed by atoms with Gasteiger partial charge in [-0.25, -0.2) is 9.59 Å². The number of urea groups is 1. The fourth-order valence-electron chi connectivity index (χ4n) is 1.33. The van der Waals surface area contributed by atoms with Crippen molar-refractivity contribution >= 4 is 17.7 Å². The Morgan fingerprint density at radius 2 is 1.71 bits per heavy atom. The zero-order chi connectivity index (χ0) is 13.0. The van der Waals surface area contributed by atoms with Crippen LogP contribution >= 0.6 is 0 Å². The minimum Gasteiger partial charge on any atom is -0.480 e. The molecule has 0 aliphatic carbocycles. The van der Waals surface area contributed by atoms with Crippen molar-refractivity contribution in [1.82, 2.24) is 4.90 Å². The minimum atomic E-state index is -1.03. The summed E-state index contributed by atoms with van der Waals surface area (Å²) in [7, 11) is 3.09. The molecule has 92 valence electrons. The summed E-state index contributed by atoms with van der Waals surface area (Å²) in [6, 6.07) is 7.86.